The van der Waals surface area contributed by atoms with Crippen LogP contribution in [0.5, 0.6) is 0 Å². The molecule has 0 spiro atoms. The number of aliphatic hydroxyl groups excluding tert-OH is 1. The molecular formula is C15H22O3. The van der Waals surface area contributed by atoms with Crippen LogP contribution in [0.3, 0.4) is 0 Å². The number of esters is 1. The Morgan fingerprint density at radius 1 is 1.44 bits per heavy atom. The van der Waals surface area contributed by atoms with Crippen LogP contribution < -0.4 is 0 Å². The van der Waals surface area contributed by atoms with Gasteiger partial charge in [-0.05, 0) is 42.9 Å². The van der Waals surface area contributed by atoms with E-state index in [1.807, 2.05) is 0 Å². The second-order valence-corrected chi connectivity index (χ2v) is 6.70. The molecule has 1 aliphatic heterocycles. The van der Waals surface area contributed by atoms with Gasteiger partial charge in [-0.3, -0.25) is 0 Å². The number of aliphatic hydroxyl groups is 1. The van der Waals surface area contributed by atoms with Crippen molar-refractivity contribution in [2.45, 2.75) is 51.7 Å². The van der Waals surface area contributed by atoms with E-state index in [1.54, 1.807) is 0 Å². The van der Waals surface area contributed by atoms with E-state index in [9.17, 15) is 9.90 Å². The second-order valence-electron chi connectivity index (χ2n) is 6.70. The van der Waals surface area contributed by atoms with Crippen molar-refractivity contribution >= 4 is 5.97 Å². The van der Waals surface area contributed by atoms with Gasteiger partial charge in [-0.25, -0.2) is 4.79 Å². The predicted molar refractivity (Wildman–Crippen MR) is 67.7 cm³/mol. The second kappa shape index (κ2) is 3.83. The zero-order valence-corrected chi connectivity index (χ0v) is 11.2. The average Bonchev–Trinajstić information content (AvgIpc) is 2.69. The van der Waals surface area contributed by atoms with Crippen molar-refractivity contribution in [1.29, 1.82) is 0 Å². The third kappa shape index (κ3) is 1.49. The van der Waals surface area contributed by atoms with Crippen LogP contribution in [0.4, 0.5) is 0 Å². The van der Waals surface area contributed by atoms with Gasteiger partial charge < -0.3 is 9.84 Å². The lowest BCUT2D eigenvalue weighted by Gasteiger charge is -2.36. The smallest absolute Gasteiger partial charge is 0.334 e. The highest BCUT2D eigenvalue weighted by atomic mass is 16.6. The Labute approximate surface area is 108 Å². The Morgan fingerprint density at radius 2 is 2.17 bits per heavy atom. The van der Waals surface area contributed by atoms with Gasteiger partial charge >= 0.3 is 5.97 Å². The van der Waals surface area contributed by atoms with Crippen LogP contribution >= 0.6 is 0 Å². The quantitative estimate of drug-likeness (QED) is 0.530. The lowest BCUT2D eigenvalue weighted by Crippen LogP contribution is -2.35. The molecule has 3 rings (SSSR count). The van der Waals surface area contributed by atoms with Gasteiger partial charge in [0.2, 0.25) is 0 Å². The summed E-state index contributed by atoms with van der Waals surface area (Å²) in [5, 5.41) is 10.3. The van der Waals surface area contributed by atoms with Crippen LogP contribution in [-0.2, 0) is 9.53 Å². The number of ether oxygens (including phenoxy) is 1. The van der Waals surface area contributed by atoms with E-state index in [2.05, 4.69) is 20.4 Å². The fourth-order valence-electron chi connectivity index (χ4n) is 4.61. The zero-order valence-electron chi connectivity index (χ0n) is 11.2. The molecule has 0 amide bonds. The number of fused-ring (bicyclic) bond motifs is 2. The van der Waals surface area contributed by atoms with Crippen molar-refractivity contribution in [3.05, 3.63) is 12.2 Å². The summed E-state index contributed by atoms with van der Waals surface area (Å²) in [5.41, 5.74) is 0.545. The standard InChI is InChI=1S/C15H22O3/c1-8-6-12-10(9(2)14(17)18-12)7-15(3)11(8)4-5-13(15)16/h8,10-13,16H,2,4-7H2,1,3H3/t8-,10-,11+,12+,13+,15+/m1/s1. The van der Waals surface area contributed by atoms with E-state index >= 15 is 0 Å². The highest BCUT2D eigenvalue weighted by Gasteiger charge is 2.55. The number of carbonyl (C=O) groups is 1. The molecule has 0 aromatic heterocycles. The van der Waals surface area contributed by atoms with E-state index in [1.165, 1.54) is 0 Å². The fourth-order valence-corrected chi connectivity index (χ4v) is 4.61. The number of rotatable bonds is 0. The minimum absolute atomic E-state index is 0.00498. The number of carbonyl (C=O) groups excluding carboxylic acids is 1. The lowest BCUT2D eigenvalue weighted by atomic mass is 9.69. The maximum Gasteiger partial charge on any atom is 0.334 e. The molecule has 2 aliphatic carbocycles. The van der Waals surface area contributed by atoms with Crippen LogP contribution in [0.1, 0.15) is 39.5 Å². The molecule has 0 radical (unpaired) electrons. The number of hydrogen-bond acceptors (Lipinski definition) is 3. The summed E-state index contributed by atoms with van der Waals surface area (Å²) in [5.74, 6) is 0.930. The van der Waals surface area contributed by atoms with Crippen molar-refractivity contribution in [1.82, 2.24) is 0 Å². The Bertz CT molecular complexity index is 403. The molecule has 0 unspecified atom stereocenters. The van der Waals surface area contributed by atoms with Gasteiger partial charge in [-0.15, -0.1) is 0 Å². The van der Waals surface area contributed by atoms with Gasteiger partial charge in [0.05, 0.1) is 6.10 Å². The van der Waals surface area contributed by atoms with Crippen LogP contribution in [-0.4, -0.2) is 23.3 Å². The first kappa shape index (κ1) is 12.2. The highest BCUT2D eigenvalue weighted by Crippen LogP contribution is 2.56. The minimum atomic E-state index is -0.243. The minimum Gasteiger partial charge on any atom is -0.458 e. The Kier molecular flexibility index (Phi) is 2.60. The monoisotopic (exact) mass is 250 g/mol. The molecule has 3 aliphatic rings. The summed E-state index contributed by atoms with van der Waals surface area (Å²) < 4.78 is 5.45. The third-order valence-corrected chi connectivity index (χ3v) is 5.73. The molecule has 1 saturated heterocycles. The first-order chi connectivity index (χ1) is 8.43. The number of hydrogen-bond donors (Lipinski definition) is 1. The molecule has 2 saturated carbocycles. The Hall–Kier alpha value is -0.830. The van der Waals surface area contributed by atoms with Crippen LogP contribution in [0.15, 0.2) is 12.2 Å². The molecule has 3 fully saturated rings. The van der Waals surface area contributed by atoms with Crippen molar-refractivity contribution in [3.8, 4) is 0 Å². The molecular weight excluding hydrogens is 228 g/mol. The Balaban J connectivity index is 1.96. The molecule has 1 N–H and O–H groups in total. The Morgan fingerprint density at radius 3 is 2.89 bits per heavy atom. The molecule has 0 aromatic rings. The normalized spacial score (nSPS) is 51.6. The maximum atomic E-state index is 11.7. The van der Waals surface area contributed by atoms with Gasteiger partial charge in [0.15, 0.2) is 0 Å². The molecule has 1 heterocycles. The summed E-state index contributed by atoms with van der Waals surface area (Å²) in [6, 6.07) is 0. The van der Waals surface area contributed by atoms with Crippen molar-refractivity contribution < 1.29 is 14.6 Å². The predicted octanol–water partition coefficient (Wildman–Crippen LogP) is 2.29. The summed E-state index contributed by atoms with van der Waals surface area (Å²) in [6.45, 7) is 8.32. The van der Waals surface area contributed by atoms with Gasteiger partial charge in [0.1, 0.15) is 6.10 Å². The van der Waals surface area contributed by atoms with E-state index in [0.717, 1.165) is 25.7 Å². The first-order valence-electron chi connectivity index (χ1n) is 7.01. The molecule has 3 nitrogen and oxygen atoms in total. The van der Waals surface area contributed by atoms with Gasteiger partial charge in [-0.2, -0.15) is 0 Å². The van der Waals surface area contributed by atoms with Crippen LogP contribution in [0.2, 0.25) is 0 Å². The first-order valence-corrected chi connectivity index (χ1v) is 7.01. The molecule has 100 valence electrons. The molecule has 6 atom stereocenters. The molecule has 18 heavy (non-hydrogen) atoms. The van der Waals surface area contributed by atoms with Gasteiger partial charge in [0.25, 0.3) is 0 Å². The molecule has 3 heteroatoms. The average molecular weight is 250 g/mol. The van der Waals surface area contributed by atoms with Crippen molar-refractivity contribution in [3.63, 3.8) is 0 Å². The van der Waals surface area contributed by atoms with E-state index in [4.69, 9.17) is 4.74 Å². The SMILES string of the molecule is C=C1C(=O)O[C@H]2C[C@@H](C)[C@@H]3CC[C@H](O)[C@@]3(C)C[C@H]12. The topological polar surface area (TPSA) is 46.5 Å². The highest BCUT2D eigenvalue weighted by molar-refractivity contribution is 5.90. The summed E-state index contributed by atoms with van der Waals surface area (Å²) in [6.07, 6.45) is 3.51. The third-order valence-electron chi connectivity index (χ3n) is 5.73. The lowest BCUT2D eigenvalue weighted by molar-refractivity contribution is -0.139. The maximum absolute atomic E-state index is 11.7. The van der Waals surface area contributed by atoms with Gasteiger partial charge in [0, 0.05) is 11.5 Å². The van der Waals surface area contributed by atoms with Crippen LogP contribution in [0, 0.1) is 23.2 Å². The molecule has 0 bridgehead atoms. The van der Waals surface area contributed by atoms with Crippen molar-refractivity contribution in [2.24, 2.45) is 23.2 Å². The molecule has 0 aromatic carbocycles. The zero-order chi connectivity index (χ0) is 13.1. The van der Waals surface area contributed by atoms with E-state index in [-0.39, 0.29) is 29.5 Å². The van der Waals surface area contributed by atoms with E-state index < -0.39 is 0 Å². The van der Waals surface area contributed by atoms with Crippen LogP contribution in [0.25, 0.3) is 0 Å². The summed E-state index contributed by atoms with van der Waals surface area (Å²) >= 11 is 0. The van der Waals surface area contributed by atoms with Crippen molar-refractivity contribution in [2.75, 3.05) is 0 Å². The summed E-state index contributed by atoms with van der Waals surface area (Å²) in [4.78, 5) is 11.7. The fraction of sp³-hybridized carbons (Fsp3) is 0.800. The van der Waals surface area contributed by atoms with Gasteiger partial charge in [-0.1, -0.05) is 20.4 Å². The van der Waals surface area contributed by atoms with E-state index in [0.29, 0.717) is 17.4 Å². The summed E-state index contributed by atoms with van der Waals surface area (Å²) in [7, 11) is 0. The largest absolute Gasteiger partial charge is 0.458 e.